The maximum Gasteiger partial charge on any atom is 0.313 e. The van der Waals surface area contributed by atoms with Crippen molar-refractivity contribution in [1.82, 2.24) is 15.5 Å². The SMILES string of the molecule is CC(/C=C/[C@H]1O[C@H](C(C(=O)O)c2c(F)c(F)cc(F)c2F)C[C@@]2(CO2)[C@@H]1O)=C\C[C@@H]1O[C@H](C)[C@H](NC(=O)/C=C\[C@@H](C)c2noc(C)n2)C[C@@H]1C. The van der Waals surface area contributed by atoms with E-state index in [1.165, 1.54) is 12.2 Å². The van der Waals surface area contributed by atoms with Crippen molar-refractivity contribution in [3.63, 3.8) is 0 Å². The first-order valence-corrected chi connectivity index (χ1v) is 16.4. The van der Waals surface area contributed by atoms with Gasteiger partial charge in [-0.05, 0) is 38.7 Å². The first-order valence-electron chi connectivity index (χ1n) is 16.4. The number of ether oxygens (including phenoxy) is 3. The molecule has 272 valence electrons. The quantitative estimate of drug-likeness (QED) is 0.0962. The highest BCUT2D eigenvalue weighted by Gasteiger charge is 2.60. The second-order valence-corrected chi connectivity index (χ2v) is 13.4. The van der Waals surface area contributed by atoms with Gasteiger partial charge in [0, 0.05) is 30.9 Å². The monoisotopic (exact) mass is 707 g/mol. The van der Waals surface area contributed by atoms with Crippen LogP contribution in [0.15, 0.2) is 46.5 Å². The largest absolute Gasteiger partial charge is 0.481 e. The fourth-order valence-corrected chi connectivity index (χ4v) is 6.52. The summed E-state index contributed by atoms with van der Waals surface area (Å²) in [5.41, 5.74) is -1.79. The summed E-state index contributed by atoms with van der Waals surface area (Å²) < 4.78 is 79.9. The van der Waals surface area contributed by atoms with E-state index in [0.717, 1.165) is 5.57 Å². The van der Waals surface area contributed by atoms with E-state index >= 15 is 0 Å². The number of aliphatic carboxylic acids is 1. The molecule has 10 atom stereocenters. The van der Waals surface area contributed by atoms with Crippen molar-refractivity contribution >= 4 is 11.9 Å². The number of amides is 1. The smallest absolute Gasteiger partial charge is 0.313 e. The summed E-state index contributed by atoms with van der Waals surface area (Å²) in [4.78, 5) is 29.0. The fourth-order valence-electron chi connectivity index (χ4n) is 6.52. The molecule has 1 amide bonds. The van der Waals surface area contributed by atoms with Crippen LogP contribution >= 0.6 is 0 Å². The van der Waals surface area contributed by atoms with E-state index in [1.807, 2.05) is 26.8 Å². The van der Waals surface area contributed by atoms with E-state index in [-0.39, 0.29) is 55.1 Å². The summed E-state index contributed by atoms with van der Waals surface area (Å²) in [6, 6.07) is -0.205. The predicted octanol–water partition coefficient (Wildman–Crippen LogP) is 4.94. The molecular formula is C35H41F4N3O8. The predicted molar refractivity (Wildman–Crippen MR) is 169 cm³/mol. The maximum absolute atomic E-state index is 14.7. The summed E-state index contributed by atoms with van der Waals surface area (Å²) in [6.45, 7) is 9.31. The van der Waals surface area contributed by atoms with E-state index in [0.29, 0.717) is 24.6 Å². The lowest BCUT2D eigenvalue weighted by molar-refractivity contribution is -0.161. The van der Waals surface area contributed by atoms with Crippen LogP contribution in [0.2, 0.25) is 0 Å². The summed E-state index contributed by atoms with van der Waals surface area (Å²) in [5.74, 6) is -10.5. The van der Waals surface area contributed by atoms with Gasteiger partial charge >= 0.3 is 5.97 Å². The van der Waals surface area contributed by atoms with Crippen LogP contribution in [0.3, 0.4) is 0 Å². The number of carboxylic acid groups (broad SMARTS) is 1. The Morgan fingerprint density at radius 3 is 2.42 bits per heavy atom. The van der Waals surface area contributed by atoms with Crippen LogP contribution < -0.4 is 5.32 Å². The Bertz CT molecular complexity index is 1650. The maximum atomic E-state index is 14.7. The molecule has 3 N–H and O–H groups in total. The first kappa shape index (κ1) is 37.3. The molecule has 1 spiro atoms. The number of benzene rings is 1. The van der Waals surface area contributed by atoms with E-state index in [1.54, 1.807) is 26.0 Å². The number of aliphatic hydroxyl groups excluding tert-OH is 1. The van der Waals surface area contributed by atoms with Gasteiger partial charge in [0.1, 0.15) is 23.7 Å². The van der Waals surface area contributed by atoms with Crippen molar-refractivity contribution in [3.8, 4) is 0 Å². The molecule has 3 saturated heterocycles. The zero-order valence-corrected chi connectivity index (χ0v) is 28.2. The number of carboxylic acids is 1. The molecule has 1 unspecified atom stereocenters. The summed E-state index contributed by atoms with van der Waals surface area (Å²) in [6.07, 6.45) is 4.83. The van der Waals surface area contributed by atoms with E-state index in [4.69, 9.17) is 18.7 Å². The molecule has 15 heteroatoms. The molecule has 0 aliphatic carbocycles. The number of nitrogens with zero attached hydrogens (tertiary/aromatic N) is 2. The second kappa shape index (κ2) is 15.1. The van der Waals surface area contributed by atoms with Crippen molar-refractivity contribution in [2.75, 3.05) is 6.61 Å². The Morgan fingerprint density at radius 1 is 1.14 bits per heavy atom. The molecule has 0 bridgehead atoms. The van der Waals surface area contributed by atoms with Crippen LogP contribution in [0.4, 0.5) is 17.6 Å². The van der Waals surface area contributed by atoms with E-state index < -0.39 is 64.6 Å². The van der Waals surface area contributed by atoms with Gasteiger partial charge in [-0.15, -0.1) is 0 Å². The number of rotatable bonds is 11. The summed E-state index contributed by atoms with van der Waals surface area (Å²) in [7, 11) is 0. The number of nitrogens with one attached hydrogen (secondary N) is 1. The molecule has 0 radical (unpaired) electrons. The number of allylic oxidation sites excluding steroid dienone is 3. The molecule has 1 aromatic carbocycles. The fraction of sp³-hybridized carbons (Fsp3) is 0.543. The molecule has 3 aliphatic rings. The first-order chi connectivity index (χ1) is 23.6. The number of carbonyl (C=O) groups is 2. The summed E-state index contributed by atoms with van der Waals surface area (Å²) in [5, 5.41) is 27.8. The highest BCUT2D eigenvalue weighted by atomic mass is 19.2. The number of aromatic nitrogens is 2. The van der Waals surface area contributed by atoms with Gasteiger partial charge in [0.15, 0.2) is 29.1 Å². The van der Waals surface area contributed by atoms with Crippen molar-refractivity contribution in [2.24, 2.45) is 5.92 Å². The van der Waals surface area contributed by atoms with Gasteiger partial charge in [0.2, 0.25) is 11.8 Å². The van der Waals surface area contributed by atoms with Crippen molar-refractivity contribution < 1.29 is 56.1 Å². The lowest BCUT2D eigenvalue weighted by atomic mass is 9.81. The Kier molecular flexibility index (Phi) is 11.3. The minimum absolute atomic E-state index is 0.00245. The molecule has 4 heterocycles. The number of hydrogen-bond donors (Lipinski definition) is 3. The van der Waals surface area contributed by atoms with Gasteiger partial charge in [0.25, 0.3) is 0 Å². The molecule has 2 aromatic rings. The number of epoxide rings is 1. The molecule has 3 fully saturated rings. The van der Waals surface area contributed by atoms with Crippen LogP contribution in [0, 0.1) is 36.1 Å². The molecular weight excluding hydrogens is 666 g/mol. The van der Waals surface area contributed by atoms with Gasteiger partial charge in [-0.25, -0.2) is 17.6 Å². The molecule has 5 rings (SSSR count). The van der Waals surface area contributed by atoms with E-state index in [2.05, 4.69) is 15.5 Å². The normalized spacial score (nSPS) is 31.3. The molecule has 3 aliphatic heterocycles. The number of hydrogen-bond acceptors (Lipinski definition) is 9. The zero-order valence-electron chi connectivity index (χ0n) is 28.2. The van der Waals surface area contributed by atoms with Crippen molar-refractivity contribution in [2.45, 2.75) is 108 Å². The number of halogens is 4. The van der Waals surface area contributed by atoms with Gasteiger partial charge in [-0.1, -0.05) is 48.9 Å². The number of aliphatic hydroxyl groups is 1. The van der Waals surface area contributed by atoms with Gasteiger partial charge in [-0.3, -0.25) is 9.59 Å². The highest BCUT2D eigenvalue weighted by Crippen LogP contribution is 2.47. The molecule has 0 saturated carbocycles. The highest BCUT2D eigenvalue weighted by molar-refractivity contribution is 5.87. The Balaban J connectivity index is 1.20. The lowest BCUT2D eigenvalue weighted by Crippen LogP contribution is -2.52. The minimum Gasteiger partial charge on any atom is -0.481 e. The van der Waals surface area contributed by atoms with Crippen LogP contribution in [0.5, 0.6) is 0 Å². The third kappa shape index (κ3) is 8.17. The molecule has 1 aromatic heterocycles. The van der Waals surface area contributed by atoms with Gasteiger partial charge in [0.05, 0.1) is 31.0 Å². The van der Waals surface area contributed by atoms with Crippen molar-refractivity contribution in [3.05, 3.63) is 82.6 Å². The Labute approximate surface area is 286 Å². The zero-order chi connectivity index (χ0) is 36.5. The van der Waals surface area contributed by atoms with Crippen molar-refractivity contribution in [1.29, 1.82) is 0 Å². The lowest BCUT2D eigenvalue weighted by Gasteiger charge is -2.39. The second-order valence-electron chi connectivity index (χ2n) is 13.4. The van der Waals surface area contributed by atoms with Crippen LogP contribution in [0.1, 0.15) is 76.1 Å². The van der Waals surface area contributed by atoms with Crippen LogP contribution in [-0.4, -0.2) is 81.0 Å². The molecule has 11 nitrogen and oxygen atoms in total. The topological polar surface area (TPSA) is 157 Å². The Hall–Kier alpha value is -3.92. The average Bonchev–Trinajstić information content (AvgIpc) is 3.70. The minimum atomic E-state index is -2.12. The van der Waals surface area contributed by atoms with Gasteiger partial charge < -0.3 is 34.3 Å². The van der Waals surface area contributed by atoms with Gasteiger partial charge in [-0.2, -0.15) is 4.98 Å². The molecule has 50 heavy (non-hydrogen) atoms. The third-order valence-electron chi connectivity index (χ3n) is 9.59. The third-order valence-corrected chi connectivity index (χ3v) is 9.59. The number of carbonyl (C=O) groups excluding carboxylic acids is 1. The Morgan fingerprint density at radius 2 is 1.82 bits per heavy atom. The van der Waals surface area contributed by atoms with Crippen LogP contribution in [0.25, 0.3) is 0 Å². The summed E-state index contributed by atoms with van der Waals surface area (Å²) >= 11 is 0. The van der Waals surface area contributed by atoms with Crippen LogP contribution in [-0.2, 0) is 23.8 Å². The standard InChI is InChI=1S/C35H41F4N3O8/c1-16(6-9-24-18(3)12-23(19(4)48-24)41-27(43)11-8-17(2)33-40-20(5)50-42-33)7-10-25-32(44)35(15-47-35)14-26(49-25)28(34(45)46)29-30(38)21(36)13-22(37)31(29)39/h6-8,10-11,13,17-19,23-26,28,32,44H,9,12,14-15H2,1-5H3,(H,41,43)(H,45,46)/b10-7+,11-8-,16-6+/t17-,18+,19-,23-,24+,25-,26+,28?,32-,35-/m1/s1. The average molecular weight is 708 g/mol. The van der Waals surface area contributed by atoms with E-state index in [9.17, 15) is 37.4 Å². The number of aryl methyl sites for hydroxylation is 1.